The van der Waals surface area contributed by atoms with Gasteiger partial charge in [0.15, 0.2) is 17.7 Å². The molecular formula is C39H60N9O20P3S3. The summed E-state index contributed by atoms with van der Waals surface area (Å²) in [6, 6.07) is 4.32. The molecule has 0 bridgehead atoms. The lowest BCUT2D eigenvalue weighted by Gasteiger charge is -2.34. The number of phosphoric acid groups is 3. The van der Waals surface area contributed by atoms with Crippen molar-refractivity contribution in [3.63, 3.8) is 0 Å². The number of aliphatic hydroxyl groups is 2. The number of nitrogens with two attached hydrogens (primary N) is 1. The van der Waals surface area contributed by atoms with Gasteiger partial charge in [-0.2, -0.15) is 20.4 Å². The molecule has 1 aromatic carbocycles. The summed E-state index contributed by atoms with van der Waals surface area (Å²) in [5.74, 6) is -1.47. The van der Waals surface area contributed by atoms with Crippen LogP contribution in [0, 0.1) is 18.3 Å². The number of nitrogen functional groups attached to an aromatic ring is 1. The normalized spacial score (nSPS) is 22.4. The van der Waals surface area contributed by atoms with Crippen LogP contribution in [-0.4, -0.2) is 171 Å². The highest BCUT2D eigenvalue weighted by molar-refractivity contribution is 8.13. The van der Waals surface area contributed by atoms with Crippen LogP contribution in [0.25, 0.3) is 11.2 Å². The fraction of sp³-hybridized carbons (Fsp3) is 0.615. The van der Waals surface area contributed by atoms with E-state index in [0.717, 1.165) is 34.5 Å². The van der Waals surface area contributed by atoms with Crippen LogP contribution in [0.3, 0.4) is 0 Å². The number of thioether (sulfide) groups is 2. The Balaban J connectivity index is 1.03. The zero-order valence-electron chi connectivity index (χ0n) is 40.4. The third-order valence-electron chi connectivity index (χ3n) is 11.1. The van der Waals surface area contributed by atoms with Gasteiger partial charge in [-0.3, -0.25) is 37.3 Å². The number of ether oxygens (including phenoxy) is 1. The number of hydrogen-bond acceptors (Lipinski definition) is 22. The largest absolute Gasteiger partial charge is 0.481 e. The van der Waals surface area contributed by atoms with Crippen molar-refractivity contribution in [3.8, 4) is 0 Å². The van der Waals surface area contributed by atoms with E-state index in [1.807, 2.05) is 20.8 Å². The zero-order chi connectivity index (χ0) is 55.0. The third-order valence-corrected chi connectivity index (χ3v) is 18.1. The Hall–Kier alpha value is -3.49. The van der Waals surface area contributed by atoms with E-state index in [4.69, 9.17) is 19.5 Å². The zero-order valence-corrected chi connectivity index (χ0v) is 45.6. The molecule has 2 aliphatic rings. The van der Waals surface area contributed by atoms with Crippen molar-refractivity contribution in [2.75, 3.05) is 55.8 Å². The second-order valence-corrected chi connectivity index (χ2v) is 26.3. The molecular weight excluding hydrogens is 1100 g/mol. The quantitative estimate of drug-likeness (QED) is 0.0382. The van der Waals surface area contributed by atoms with Gasteiger partial charge in [-0.1, -0.05) is 57.2 Å². The standard InChI is InChI=1S/C39H60N9O20P3S3/c1-22(2)16-25(46-35(52)26-18-72-15-13-48(26)74(62,63)24-8-6-23(3)7-9-24)38(54)73-14-12-41-28(49)10-11-42-36(53)32(51)39(4,5)19-65-71(60,61)68-70(58,59)64-17-27-31(67-69(55,56)57)30(50)37(66-27)47-21-45-29-33(40)43-20-44-34(29)47/h6-9,20-22,25-27,30-32,37,50-51H,10-19H2,1-5H3,(H,41,49)(H,42,53)(H,46,52)(H,58,59)(H,60,61)(H2,40,43,44)(H2,55,56,57). The van der Waals surface area contributed by atoms with E-state index in [1.165, 1.54) is 42.0 Å². The van der Waals surface area contributed by atoms with Gasteiger partial charge < -0.3 is 56.2 Å². The van der Waals surface area contributed by atoms with Gasteiger partial charge in [-0.15, -0.1) is 0 Å². The topological polar surface area (TPSA) is 430 Å². The molecule has 3 amide bonds. The van der Waals surface area contributed by atoms with E-state index < -0.39 is 118 Å². The van der Waals surface area contributed by atoms with Gasteiger partial charge in [0.05, 0.1) is 30.5 Å². The van der Waals surface area contributed by atoms with Crippen LogP contribution >= 0.6 is 47.0 Å². The van der Waals surface area contributed by atoms with E-state index in [9.17, 15) is 71.1 Å². The molecule has 11 N–H and O–H groups in total. The van der Waals surface area contributed by atoms with Crippen LogP contribution < -0.4 is 21.7 Å². The predicted molar refractivity (Wildman–Crippen MR) is 265 cm³/mol. The van der Waals surface area contributed by atoms with Gasteiger partial charge in [-0.25, -0.2) is 37.1 Å². The molecule has 0 spiro atoms. The molecule has 9 atom stereocenters. The van der Waals surface area contributed by atoms with Gasteiger partial charge in [0.2, 0.25) is 32.9 Å². The lowest BCUT2D eigenvalue weighted by molar-refractivity contribution is -0.137. The number of fused-ring (bicyclic) bond motifs is 1. The van der Waals surface area contributed by atoms with E-state index in [-0.39, 0.29) is 71.8 Å². The molecule has 35 heteroatoms. The van der Waals surface area contributed by atoms with Crippen molar-refractivity contribution in [2.45, 2.75) is 95.1 Å². The number of imidazole rings is 1. The van der Waals surface area contributed by atoms with Gasteiger partial charge >= 0.3 is 23.5 Å². The van der Waals surface area contributed by atoms with Crippen LogP contribution in [0.15, 0.2) is 41.8 Å². The van der Waals surface area contributed by atoms with Crippen LogP contribution in [0.2, 0.25) is 0 Å². The second kappa shape index (κ2) is 25.8. The number of carbonyl (C=O) groups excluding carboxylic acids is 4. The maximum Gasteiger partial charge on any atom is 0.481 e. The summed E-state index contributed by atoms with van der Waals surface area (Å²) in [7, 11) is -20.6. The Morgan fingerprint density at radius 1 is 1.01 bits per heavy atom. The van der Waals surface area contributed by atoms with E-state index in [0.29, 0.717) is 5.75 Å². The average molecular weight is 1160 g/mol. The maximum atomic E-state index is 13.6. The molecule has 74 heavy (non-hydrogen) atoms. The first-order valence-corrected chi connectivity index (χ1v) is 30.5. The van der Waals surface area contributed by atoms with Crippen LogP contribution in [0.5, 0.6) is 0 Å². The number of benzene rings is 1. The number of amides is 3. The molecule has 9 unspecified atom stereocenters. The molecule has 0 radical (unpaired) electrons. The molecule has 0 saturated carbocycles. The molecule has 2 fully saturated rings. The molecule has 2 aromatic heterocycles. The van der Waals surface area contributed by atoms with E-state index in [1.54, 1.807) is 12.1 Å². The van der Waals surface area contributed by atoms with Crippen LogP contribution in [-0.2, 0) is 65.5 Å². The second-order valence-electron chi connectivity index (χ2n) is 17.9. The number of nitrogens with zero attached hydrogens (tertiary/aromatic N) is 5. The van der Waals surface area contributed by atoms with Crippen LogP contribution in [0.4, 0.5) is 5.82 Å². The van der Waals surface area contributed by atoms with Crippen LogP contribution in [0.1, 0.15) is 52.3 Å². The van der Waals surface area contributed by atoms with Crippen molar-refractivity contribution < 1.29 is 93.7 Å². The number of anilines is 1. The van der Waals surface area contributed by atoms with Crippen molar-refractivity contribution in [1.29, 1.82) is 0 Å². The highest BCUT2D eigenvalue weighted by Crippen LogP contribution is 2.61. The first-order valence-electron chi connectivity index (χ1n) is 22.4. The monoisotopic (exact) mass is 1160 g/mol. The highest BCUT2D eigenvalue weighted by atomic mass is 32.2. The Bertz CT molecular complexity index is 2740. The molecule has 5 rings (SSSR count). The molecule has 3 aromatic rings. The number of aliphatic hydroxyl groups excluding tert-OH is 2. The van der Waals surface area contributed by atoms with Crippen molar-refractivity contribution >= 4 is 96.8 Å². The molecule has 29 nitrogen and oxygen atoms in total. The average Bonchev–Trinajstić information content (AvgIpc) is 3.88. The first kappa shape index (κ1) is 61.4. The fourth-order valence-corrected chi connectivity index (χ4v) is 13.7. The molecule has 0 aliphatic carbocycles. The minimum absolute atomic E-state index is 0.00923. The van der Waals surface area contributed by atoms with Gasteiger partial charge in [0, 0.05) is 48.7 Å². The van der Waals surface area contributed by atoms with E-state index in [2.05, 4.69) is 39.7 Å². The Morgan fingerprint density at radius 3 is 2.35 bits per heavy atom. The Morgan fingerprint density at radius 2 is 1.69 bits per heavy atom. The number of nitrogens with one attached hydrogen (secondary N) is 3. The number of hydrogen-bond donors (Lipinski definition) is 10. The molecule has 4 heterocycles. The number of rotatable bonds is 26. The fourth-order valence-electron chi connectivity index (χ4n) is 7.26. The number of carbonyl (C=O) groups is 4. The van der Waals surface area contributed by atoms with E-state index >= 15 is 0 Å². The summed E-state index contributed by atoms with van der Waals surface area (Å²) >= 11 is 2.29. The summed E-state index contributed by atoms with van der Waals surface area (Å²) in [5.41, 5.74) is 5.05. The lowest BCUT2D eigenvalue weighted by Crippen LogP contribution is -2.56. The number of phosphoric ester groups is 3. The smallest absolute Gasteiger partial charge is 0.386 e. The number of aryl methyl sites for hydroxylation is 1. The summed E-state index contributed by atoms with van der Waals surface area (Å²) in [5, 5.41) is 29.0. The maximum absolute atomic E-state index is 13.6. The summed E-state index contributed by atoms with van der Waals surface area (Å²) in [6.45, 7) is 5.72. The van der Waals surface area contributed by atoms with Crippen molar-refractivity contribution in [3.05, 3.63) is 42.5 Å². The third kappa shape index (κ3) is 17.0. The molecule has 414 valence electrons. The lowest BCUT2D eigenvalue weighted by atomic mass is 9.87. The Labute approximate surface area is 433 Å². The minimum atomic E-state index is -5.63. The predicted octanol–water partition coefficient (Wildman–Crippen LogP) is 0.310. The van der Waals surface area contributed by atoms with Crippen molar-refractivity contribution in [2.24, 2.45) is 11.3 Å². The SMILES string of the molecule is Cc1ccc(S(=O)(=O)N2CCSCC2C(=O)NC(CC(C)C)C(=O)SCCNC(=O)CCNC(=O)C(O)C(C)(C)COP(=O)(O)OP(=O)(O)OCC2OC(n3cnc4c(N)ncnc43)C(O)C2OP(=O)(O)O)cc1. The summed E-state index contributed by atoms with van der Waals surface area (Å²) < 4.78 is 90.9. The number of sulfonamides is 1. The Kier molecular flexibility index (Phi) is 21.4. The number of aromatic nitrogens is 4. The van der Waals surface area contributed by atoms with Gasteiger partial charge in [0.25, 0.3) is 0 Å². The van der Waals surface area contributed by atoms with Gasteiger partial charge in [-0.05, 0) is 31.4 Å². The summed E-state index contributed by atoms with van der Waals surface area (Å²) in [6.07, 6.45) is -6.97. The molecule has 2 aliphatic heterocycles. The molecule has 2 saturated heterocycles. The van der Waals surface area contributed by atoms with Crippen molar-refractivity contribution in [1.82, 2.24) is 39.8 Å². The minimum Gasteiger partial charge on any atom is -0.386 e. The first-order chi connectivity index (χ1) is 34.4. The van der Waals surface area contributed by atoms with Gasteiger partial charge in [0.1, 0.15) is 42.3 Å². The highest BCUT2D eigenvalue weighted by Gasteiger charge is 2.50. The summed E-state index contributed by atoms with van der Waals surface area (Å²) in [4.78, 5) is 104.